The first-order valence-corrected chi connectivity index (χ1v) is 12.2. The highest BCUT2D eigenvalue weighted by molar-refractivity contribution is 9.10. The first kappa shape index (κ1) is 27.0. The smallest absolute Gasteiger partial charge is 0.339 e. The topological polar surface area (TPSA) is 127 Å². The van der Waals surface area contributed by atoms with E-state index in [0.29, 0.717) is 9.79 Å². The number of carboxylic acids is 2. The van der Waals surface area contributed by atoms with Gasteiger partial charge in [-0.1, -0.05) is 46.7 Å². The van der Waals surface area contributed by atoms with Crippen LogP contribution in [-0.4, -0.2) is 41.2 Å². The molecule has 3 aromatic rings. The second kappa shape index (κ2) is 11.9. The first-order chi connectivity index (χ1) is 17.1. The monoisotopic (exact) mass is 572 g/mol. The van der Waals surface area contributed by atoms with Gasteiger partial charge in [-0.25, -0.2) is 19.2 Å². The number of carbonyl (C=O) groups excluding carboxylic acids is 2. The van der Waals surface area contributed by atoms with Crippen molar-refractivity contribution in [1.29, 1.82) is 0 Å². The van der Waals surface area contributed by atoms with Crippen molar-refractivity contribution in [3.8, 4) is 0 Å². The van der Waals surface area contributed by atoms with Crippen LogP contribution in [0.4, 0.5) is 0 Å². The summed E-state index contributed by atoms with van der Waals surface area (Å²) in [5, 5.41) is 19.0. The lowest BCUT2D eigenvalue weighted by molar-refractivity contribution is 0.0463. The Morgan fingerprint density at radius 3 is 1.97 bits per heavy atom. The number of ether oxygens (including phenoxy) is 2. The second-order valence-electron chi connectivity index (χ2n) is 7.47. The maximum atomic E-state index is 12.7. The number of aryl methyl sites for hydroxylation is 1. The molecule has 0 spiro atoms. The zero-order valence-electron chi connectivity index (χ0n) is 19.2. The molecule has 0 saturated carbocycles. The highest BCUT2D eigenvalue weighted by Crippen LogP contribution is 2.31. The van der Waals surface area contributed by atoms with Crippen LogP contribution in [0.5, 0.6) is 0 Å². The number of esters is 2. The van der Waals surface area contributed by atoms with E-state index >= 15 is 0 Å². The van der Waals surface area contributed by atoms with Crippen molar-refractivity contribution in [2.45, 2.75) is 29.7 Å². The van der Waals surface area contributed by atoms with E-state index in [0.717, 1.165) is 40.9 Å². The molecule has 0 fully saturated rings. The number of benzene rings is 3. The molecule has 0 aliphatic carbocycles. The van der Waals surface area contributed by atoms with Crippen LogP contribution in [0.3, 0.4) is 0 Å². The van der Waals surface area contributed by atoms with Gasteiger partial charge < -0.3 is 19.7 Å². The normalized spacial score (nSPS) is 10.5. The summed E-state index contributed by atoms with van der Waals surface area (Å²) in [6.07, 6.45) is 0.848. The van der Waals surface area contributed by atoms with Crippen molar-refractivity contribution >= 4 is 51.6 Å². The Morgan fingerprint density at radius 2 is 1.42 bits per heavy atom. The third kappa shape index (κ3) is 6.32. The Morgan fingerprint density at radius 1 is 0.806 bits per heavy atom. The SMILES string of the molecule is CCc1ccc(COC(=O)c2ccc(Sc3ccc(C(=O)O)c(C(=O)OC)c3)cc2C(=O)O)cc1Br. The molecule has 0 bridgehead atoms. The molecule has 0 atom stereocenters. The van der Waals surface area contributed by atoms with E-state index < -0.39 is 23.9 Å². The van der Waals surface area contributed by atoms with Gasteiger partial charge in [-0.15, -0.1) is 0 Å². The first-order valence-electron chi connectivity index (χ1n) is 10.6. The summed E-state index contributed by atoms with van der Waals surface area (Å²) in [6, 6.07) is 14.0. The minimum atomic E-state index is -1.31. The number of methoxy groups -OCH3 is 1. The molecule has 36 heavy (non-hydrogen) atoms. The van der Waals surface area contributed by atoms with Gasteiger partial charge in [0.05, 0.1) is 29.4 Å². The Labute approximate surface area is 219 Å². The summed E-state index contributed by atoms with van der Waals surface area (Å²) in [4.78, 5) is 48.9. The summed E-state index contributed by atoms with van der Waals surface area (Å²) >= 11 is 4.57. The van der Waals surface area contributed by atoms with Gasteiger partial charge in [0, 0.05) is 14.3 Å². The summed E-state index contributed by atoms with van der Waals surface area (Å²) in [5.74, 6) is -4.18. The number of halogens is 1. The predicted octanol–water partition coefficient (Wildman–Crippen LogP) is 5.70. The molecule has 0 saturated heterocycles. The molecule has 0 unspecified atom stereocenters. The van der Waals surface area contributed by atoms with Crippen LogP contribution >= 0.6 is 27.7 Å². The molecule has 0 radical (unpaired) electrons. The average Bonchev–Trinajstić information content (AvgIpc) is 2.86. The van der Waals surface area contributed by atoms with Crippen molar-refractivity contribution in [3.63, 3.8) is 0 Å². The Kier molecular flexibility index (Phi) is 8.89. The number of hydrogen-bond acceptors (Lipinski definition) is 7. The summed E-state index contributed by atoms with van der Waals surface area (Å²) in [7, 11) is 1.14. The fourth-order valence-corrected chi connectivity index (χ4v) is 4.93. The third-order valence-corrected chi connectivity index (χ3v) is 6.89. The van der Waals surface area contributed by atoms with E-state index in [-0.39, 0.29) is 28.9 Å². The maximum Gasteiger partial charge on any atom is 0.339 e. The second-order valence-corrected chi connectivity index (χ2v) is 9.48. The van der Waals surface area contributed by atoms with Crippen LogP contribution in [0.2, 0.25) is 0 Å². The summed E-state index contributed by atoms with van der Waals surface area (Å²) < 4.78 is 10.9. The fraction of sp³-hybridized carbons (Fsp3) is 0.154. The average molecular weight is 573 g/mol. The van der Waals surface area contributed by atoms with Crippen LogP contribution < -0.4 is 0 Å². The Hall–Kier alpha value is -3.63. The minimum absolute atomic E-state index is 0.0246. The number of rotatable bonds is 9. The molecule has 3 aromatic carbocycles. The van der Waals surface area contributed by atoms with Crippen LogP contribution in [0.25, 0.3) is 0 Å². The van der Waals surface area contributed by atoms with Crippen LogP contribution in [0, 0.1) is 0 Å². The van der Waals surface area contributed by atoms with E-state index in [2.05, 4.69) is 20.7 Å². The molecule has 186 valence electrons. The van der Waals surface area contributed by atoms with Gasteiger partial charge in [-0.05, 0) is 60.0 Å². The van der Waals surface area contributed by atoms with E-state index in [1.54, 1.807) is 6.07 Å². The Bertz CT molecular complexity index is 1350. The third-order valence-electron chi connectivity index (χ3n) is 5.17. The molecule has 0 aromatic heterocycles. The van der Waals surface area contributed by atoms with Crippen LogP contribution in [-0.2, 0) is 22.5 Å². The van der Waals surface area contributed by atoms with Crippen molar-refractivity contribution in [2.24, 2.45) is 0 Å². The van der Waals surface area contributed by atoms with Crippen molar-refractivity contribution in [1.82, 2.24) is 0 Å². The lowest BCUT2D eigenvalue weighted by Gasteiger charge is -2.11. The Balaban J connectivity index is 1.82. The highest BCUT2D eigenvalue weighted by Gasteiger charge is 2.21. The highest BCUT2D eigenvalue weighted by atomic mass is 79.9. The van der Waals surface area contributed by atoms with E-state index in [1.165, 1.54) is 30.3 Å². The molecule has 2 N–H and O–H groups in total. The molecule has 3 rings (SSSR count). The number of aromatic carboxylic acids is 2. The standard InChI is InChI=1S/C26H21BrO8S/c1-3-15-5-4-14(10-22(15)27)13-35-26(33)19-9-7-16(11-20(19)24(30)31)36-17-6-8-18(23(28)29)21(12-17)25(32)34-2/h4-12H,3,13H2,1-2H3,(H,28,29)(H,30,31). The van der Waals surface area contributed by atoms with Crippen molar-refractivity contribution < 1.29 is 38.9 Å². The quantitative estimate of drug-likeness (QED) is 0.310. The van der Waals surface area contributed by atoms with Gasteiger partial charge >= 0.3 is 23.9 Å². The summed E-state index contributed by atoms with van der Waals surface area (Å²) in [6.45, 7) is 2.00. The number of hydrogen-bond donors (Lipinski definition) is 2. The summed E-state index contributed by atoms with van der Waals surface area (Å²) in [5.41, 5.74) is 1.17. The lowest BCUT2D eigenvalue weighted by Crippen LogP contribution is -2.12. The largest absolute Gasteiger partial charge is 0.478 e. The molecule has 10 heteroatoms. The molecular formula is C26H21BrO8S. The van der Waals surface area contributed by atoms with Gasteiger partial charge in [0.2, 0.25) is 0 Å². The fourth-order valence-electron chi connectivity index (χ4n) is 3.32. The maximum absolute atomic E-state index is 12.7. The van der Waals surface area contributed by atoms with Crippen LogP contribution in [0.1, 0.15) is 59.5 Å². The molecule has 0 heterocycles. The number of carbonyl (C=O) groups is 4. The minimum Gasteiger partial charge on any atom is -0.478 e. The zero-order chi connectivity index (χ0) is 26.4. The van der Waals surface area contributed by atoms with Gasteiger partial charge in [-0.2, -0.15) is 0 Å². The number of carboxylic acid groups (broad SMARTS) is 2. The lowest BCUT2D eigenvalue weighted by atomic mass is 10.1. The van der Waals surface area contributed by atoms with Gasteiger partial charge in [-0.3, -0.25) is 0 Å². The molecular weight excluding hydrogens is 552 g/mol. The molecule has 0 amide bonds. The van der Waals surface area contributed by atoms with E-state index in [9.17, 15) is 29.4 Å². The van der Waals surface area contributed by atoms with Gasteiger partial charge in [0.15, 0.2) is 0 Å². The van der Waals surface area contributed by atoms with E-state index in [4.69, 9.17) is 4.74 Å². The molecule has 0 aliphatic rings. The molecule has 8 nitrogen and oxygen atoms in total. The van der Waals surface area contributed by atoms with E-state index in [1.807, 2.05) is 25.1 Å². The van der Waals surface area contributed by atoms with Crippen molar-refractivity contribution in [3.05, 3.63) is 92.5 Å². The van der Waals surface area contributed by atoms with Crippen molar-refractivity contribution in [2.75, 3.05) is 7.11 Å². The zero-order valence-corrected chi connectivity index (χ0v) is 21.6. The van der Waals surface area contributed by atoms with Crippen LogP contribution in [0.15, 0.2) is 68.9 Å². The van der Waals surface area contributed by atoms with Gasteiger partial charge in [0.25, 0.3) is 0 Å². The van der Waals surface area contributed by atoms with Gasteiger partial charge in [0.1, 0.15) is 6.61 Å². The molecule has 0 aliphatic heterocycles. The predicted molar refractivity (Wildman–Crippen MR) is 135 cm³/mol.